The first-order valence-electron chi connectivity index (χ1n) is 10.3. The van der Waals surface area contributed by atoms with Gasteiger partial charge in [0, 0.05) is 36.8 Å². The molecule has 0 saturated heterocycles. The van der Waals surface area contributed by atoms with Crippen molar-refractivity contribution in [1.29, 1.82) is 0 Å². The lowest BCUT2D eigenvalue weighted by Crippen LogP contribution is -2.37. The lowest BCUT2D eigenvalue weighted by Gasteiger charge is -2.11. The Balaban J connectivity index is 0.00000320. The summed E-state index contributed by atoms with van der Waals surface area (Å²) in [7, 11) is 0. The summed E-state index contributed by atoms with van der Waals surface area (Å²) in [5.74, 6) is 1.71. The minimum absolute atomic E-state index is 0. The van der Waals surface area contributed by atoms with Crippen LogP contribution in [-0.4, -0.2) is 27.4 Å². The molecule has 0 aliphatic rings. The molecule has 0 aliphatic heterocycles. The fourth-order valence-electron chi connectivity index (χ4n) is 3.17. The van der Waals surface area contributed by atoms with Crippen LogP contribution in [0.25, 0.3) is 0 Å². The second-order valence-corrected chi connectivity index (χ2v) is 6.82. The maximum absolute atomic E-state index is 5.45. The van der Waals surface area contributed by atoms with Crippen LogP contribution in [0.15, 0.2) is 52.2 Å². The first kappa shape index (κ1) is 23.9. The van der Waals surface area contributed by atoms with Crippen LogP contribution in [0.1, 0.15) is 48.9 Å². The average molecular weight is 522 g/mol. The largest absolute Gasteiger partial charge is 0.361 e. The van der Waals surface area contributed by atoms with Crippen molar-refractivity contribution in [1.82, 2.24) is 25.6 Å². The van der Waals surface area contributed by atoms with Crippen molar-refractivity contribution in [2.75, 3.05) is 6.54 Å². The number of benzene rings is 1. The molecule has 3 aromatic rings. The van der Waals surface area contributed by atoms with Gasteiger partial charge in [-0.05, 0) is 18.9 Å². The second-order valence-electron chi connectivity index (χ2n) is 6.82. The molecule has 2 heterocycles. The van der Waals surface area contributed by atoms with Crippen molar-refractivity contribution in [3.8, 4) is 0 Å². The van der Waals surface area contributed by atoms with Gasteiger partial charge < -0.3 is 15.2 Å². The fourth-order valence-corrected chi connectivity index (χ4v) is 3.17. The van der Waals surface area contributed by atoms with Crippen LogP contribution < -0.4 is 10.6 Å². The maximum Gasteiger partial charge on any atom is 0.191 e. The van der Waals surface area contributed by atoms with Crippen molar-refractivity contribution >= 4 is 29.9 Å². The summed E-state index contributed by atoms with van der Waals surface area (Å²) >= 11 is 0. The third-order valence-electron chi connectivity index (χ3n) is 4.68. The summed E-state index contributed by atoms with van der Waals surface area (Å²) < 4.78 is 7.39. The van der Waals surface area contributed by atoms with Gasteiger partial charge in [0.15, 0.2) is 5.96 Å². The summed E-state index contributed by atoms with van der Waals surface area (Å²) in [5.41, 5.74) is 4.45. The number of aliphatic imine (C=N–C) groups is 1. The Kier molecular flexibility index (Phi) is 9.85. The van der Waals surface area contributed by atoms with Gasteiger partial charge in [-0.25, -0.2) is 4.99 Å². The topological polar surface area (TPSA) is 80.3 Å². The molecular weight excluding hydrogens is 491 g/mol. The highest BCUT2D eigenvalue weighted by Gasteiger charge is 2.13. The number of hydrogen-bond donors (Lipinski definition) is 2. The number of nitrogens with zero attached hydrogens (tertiary/aromatic N) is 4. The number of guanidine groups is 1. The van der Waals surface area contributed by atoms with Gasteiger partial charge in [-0.1, -0.05) is 49.3 Å². The smallest absolute Gasteiger partial charge is 0.191 e. The lowest BCUT2D eigenvalue weighted by atomic mass is 10.1. The molecule has 8 heteroatoms. The standard InChI is InChI=1S/C22H30N6O.HI/c1-4-20-19(21(5-2)29-27-20)14-25-22(23-6-3)24-12-18-13-26-28(16-18)15-17-10-8-7-9-11-17;/h7-11,13,16H,4-6,12,14-15H2,1-3H3,(H2,23,24,25);1H. The molecule has 0 radical (unpaired) electrons. The molecule has 0 saturated carbocycles. The van der Waals surface area contributed by atoms with E-state index in [-0.39, 0.29) is 24.0 Å². The van der Waals surface area contributed by atoms with Crippen LogP contribution in [0, 0.1) is 0 Å². The summed E-state index contributed by atoms with van der Waals surface area (Å²) in [6.07, 6.45) is 5.61. The van der Waals surface area contributed by atoms with Crippen molar-refractivity contribution in [3.05, 3.63) is 70.9 Å². The zero-order valence-electron chi connectivity index (χ0n) is 17.9. The molecule has 162 valence electrons. The zero-order chi connectivity index (χ0) is 20.5. The molecule has 1 aromatic carbocycles. The van der Waals surface area contributed by atoms with Crippen LogP contribution in [0.3, 0.4) is 0 Å². The third-order valence-corrected chi connectivity index (χ3v) is 4.68. The monoisotopic (exact) mass is 522 g/mol. The number of rotatable bonds is 9. The van der Waals surface area contributed by atoms with Gasteiger partial charge >= 0.3 is 0 Å². The number of hydrogen-bond acceptors (Lipinski definition) is 4. The Morgan fingerprint density at radius 2 is 1.87 bits per heavy atom. The molecule has 0 unspecified atom stereocenters. The first-order chi connectivity index (χ1) is 14.2. The molecule has 30 heavy (non-hydrogen) atoms. The van der Waals surface area contributed by atoms with Crippen molar-refractivity contribution in [3.63, 3.8) is 0 Å². The second kappa shape index (κ2) is 12.4. The Hall–Kier alpha value is -2.36. The molecule has 0 atom stereocenters. The van der Waals surface area contributed by atoms with E-state index in [2.05, 4.69) is 53.8 Å². The highest BCUT2D eigenvalue weighted by molar-refractivity contribution is 14.0. The predicted molar refractivity (Wildman–Crippen MR) is 130 cm³/mol. The summed E-state index contributed by atoms with van der Waals surface area (Å²) in [6.45, 7) is 9.00. The Morgan fingerprint density at radius 3 is 2.57 bits per heavy atom. The molecular formula is C22H31IN6O. The van der Waals surface area contributed by atoms with Gasteiger partial charge in [-0.2, -0.15) is 5.10 Å². The van der Waals surface area contributed by atoms with Crippen LogP contribution >= 0.6 is 24.0 Å². The van der Waals surface area contributed by atoms with Gasteiger partial charge in [0.2, 0.25) is 0 Å². The van der Waals surface area contributed by atoms with E-state index < -0.39 is 0 Å². The van der Waals surface area contributed by atoms with Crippen LogP contribution in [0.2, 0.25) is 0 Å². The van der Waals surface area contributed by atoms with Gasteiger partial charge in [0.05, 0.1) is 25.0 Å². The van der Waals surface area contributed by atoms with E-state index >= 15 is 0 Å². The quantitative estimate of drug-likeness (QED) is 0.253. The average Bonchev–Trinajstić information content (AvgIpc) is 3.36. The maximum atomic E-state index is 5.45. The predicted octanol–water partition coefficient (Wildman–Crippen LogP) is 3.92. The van der Waals surface area contributed by atoms with E-state index in [1.807, 2.05) is 35.3 Å². The first-order valence-corrected chi connectivity index (χ1v) is 10.3. The summed E-state index contributed by atoms with van der Waals surface area (Å²) in [5, 5.41) is 15.3. The Bertz CT molecular complexity index is 897. The summed E-state index contributed by atoms with van der Waals surface area (Å²) in [6, 6.07) is 10.3. The molecule has 7 nitrogen and oxygen atoms in total. The highest BCUT2D eigenvalue weighted by atomic mass is 127. The van der Waals surface area contributed by atoms with Gasteiger partial charge in [-0.15, -0.1) is 24.0 Å². The van der Waals surface area contributed by atoms with E-state index in [1.165, 1.54) is 5.56 Å². The molecule has 0 fully saturated rings. The molecule has 0 aliphatic carbocycles. The van der Waals surface area contributed by atoms with E-state index in [0.717, 1.165) is 54.5 Å². The van der Waals surface area contributed by atoms with Crippen LogP contribution in [0.4, 0.5) is 0 Å². The fraction of sp³-hybridized carbons (Fsp3) is 0.409. The minimum atomic E-state index is 0. The molecule has 2 N–H and O–H groups in total. The number of aryl methyl sites for hydroxylation is 2. The van der Waals surface area contributed by atoms with Gasteiger partial charge in [0.25, 0.3) is 0 Å². The lowest BCUT2D eigenvalue weighted by molar-refractivity contribution is 0.380. The Labute approximate surface area is 195 Å². The number of aromatic nitrogens is 3. The number of halogens is 1. The van der Waals surface area contributed by atoms with E-state index in [0.29, 0.717) is 13.1 Å². The SMILES string of the molecule is CCNC(=NCc1cnn(Cc2ccccc2)c1)NCc1c(CC)noc1CC.I. The van der Waals surface area contributed by atoms with E-state index in [4.69, 9.17) is 9.52 Å². The van der Waals surface area contributed by atoms with Gasteiger partial charge in [-0.3, -0.25) is 4.68 Å². The van der Waals surface area contributed by atoms with Crippen LogP contribution in [-0.2, 0) is 32.5 Å². The normalized spacial score (nSPS) is 11.2. The van der Waals surface area contributed by atoms with Crippen LogP contribution in [0.5, 0.6) is 0 Å². The highest BCUT2D eigenvalue weighted by Crippen LogP contribution is 2.15. The van der Waals surface area contributed by atoms with Crippen molar-refractivity contribution < 1.29 is 4.52 Å². The van der Waals surface area contributed by atoms with E-state index in [1.54, 1.807) is 0 Å². The number of nitrogens with one attached hydrogen (secondary N) is 2. The molecule has 0 amide bonds. The molecule has 0 spiro atoms. The third kappa shape index (κ3) is 6.58. The van der Waals surface area contributed by atoms with Crippen molar-refractivity contribution in [2.24, 2.45) is 4.99 Å². The van der Waals surface area contributed by atoms with Gasteiger partial charge in [0.1, 0.15) is 5.76 Å². The molecule has 0 bridgehead atoms. The molecule has 3 rings (SSSR count). The summed E-state index contributed by atoms with van der Waals surface area (Å²) in [4.78, 5) is 4.70. The van der Waals surface area contributed by atoms with E-state index in [9.17, 15) is 0 Å². The zero-order valence-corrected chi connectivity index (χ0v) is 20.2. The van der Waals surface area contributed by atoms with Crippen molar-refractivity contribution in [2.45, 2.75) is 53.2 Å². The molecule has 2 aromatic heterocycles. The minimum Gasteiger partial charge on any atom is -0.361 e. The Morgan fingerprint density at radius 1 is 1.07 bits per heavy atom.